The van der Waals surface area contributed by atoms with Gasteiger partial charge in [-0.05, 0) is 6.92 Å². The number of nitrogens with zero attached hydrogens (tertiary/aromatic N) is 3. The first kappa shape index (κ1) is 15.0. The molecule has 0 bridgehead atoms. The van der Waals surface area contributed by atoms with Gasteiger partial charge in [-0.3, -0.25) is 4.79 Å². The molecule has 20 heavy (non-hydrogen) atoms. The fourth-order valence-electron chi connectivity index (χ4n) is 2.12. The Morgan fingerprint density at radius 3 is 2.85 bits per heavy atom. The maximum Gasteiger partial charge on any atom is 0.268 e. The third-order valence-corrected chi connectivity index (χ3v) is 4.26. The Kier molecular flexibility index (Phi) is 4.46. The van der Waals surface area contributed by atoms with Gasteiger partial charge in [0.25, 0.3) is 5.91 Å². The fourth-order valence-corrected chi connectivity index (χ4v) is 3.00. The van der Waals surface area contributed by atoms with Gasteiger partial charge < -0.3 is 25.4 Å². The maximum absolute atomic E-state index is 12.5. The van der Waals surface area contributed by atoms with Crippen LogP contribution >= 0.6 is 11.3 Å². The highest BCUT2D eigenvalue weighted by molar-refractivity contribution is 7.18. The lowest BCUT2D eigenvalue weighted by molar-refractivity contribution is -0.0857. The number of aliphatic hydroxyl groups is 1. The molecule has 0 aromatic carbocycles. The number of carbonyl (C=O) groups is 1. The molecule has 2 heterocycles. The van der Waals surface area contributed by atoms with Gasteiger partial charge in [0, 0.05) is 27.2 Å². The lowest BCUT2D eigenvalue weighted by Gasteiger charge is -2.35. The summed E-state index contributed by atoms with van der Waals surface area (Å²) in [6, 6.07) is 0. The number of hydrogen-bond donors (Lipinski definition) is 2. The second-order valence-electron chi connectivity index (χ2n) is 5.07. The van der Waals surface area contributed by atoms with E-state index in [4.69, 9.17) is 10.5 Å². The van der Waals surface area contributed by atoms with Gasteiger partial charge >= 0.3 is 0 Å². The van der Waals surface area contributed by atoms with Crippen molar-refractivity contribution in [3.8, 4) is 0 Å². The van der Waals surface area contributed by atoms with Crippen LogP contribution in [-0.2, 0) is 4.74 Å². The minimum Gasteiger partial charge on any atom is -0.394 e. The highest BCUT2D eigenvalue weighted by Crippen LogP contribution is 2.28. The van der Waals surface area contributed by atoms with Crippen LogP contribution in [0.5, 0.6) is 0 Å². The molecular formula is C12H20N4O3S. The standard InChI is InChI=1S/C12H20N4O3S/c1-7-4-16(5-8(6-17)19-7)11(18)9-10(13)14-12(20-9)15(2)3/h7-8,17H,4-6,13H2,1-3H3. The molecule has 1 aromatic rings. The van der Waals surface area contributed by atoms with Crippen LogP contribution in [0.15, 0.2) is 0 Å². The van der Waals surface area contributed by atoms with Crippen LogP contribution in [0.2, 0.25) is 0 Å². The molecule has 1 saturated heterocycles. The number of rotatable bonds is 3. The summed E-state index contributed by atoms with van der Waals surface area (Å²) < 4.78 is 5.53. The number of amides is 1. The van der Waals surface area contributed by atoms with E-state index in [2.05, 4.69) is 4.98 Å². The molecule has 1 aliphatic rings. The van der Waals surface area contributed by atoms with Crippen molar-refractivity contribution in [2.24, 2.45) is 0 Å². The van der Waals surface area contributed by atoms with Crippen LogP contribution in [0, 0.1) is 0 Å². The Labute approximate surface area is 121 Å². The molecule has 2 rings (SSSR count). The molecule has 8 heteroatoms. The van der Waals surface area contributed by atoms with Gasteiger partial charge in [-0.25, -0.2) is 4.98 Å². The summed E-state index contributed by atoms with van der Waals surface area (Å²) in [6.07, 6.45) is -0.447. The Balaban J connectivity index is 2.18. The number of carbonyl (C=O) groups excluding carboxylic acids is 1. The van der Waals surface area contributed by atoms with Crippen LogP contribution in [-0.4, -0.2) is 66.9 Å². The molecule has 0 spiro atoms. The molecule has 2 unspecified atom stereocenters. The number of hydrogen-bond acceptors (Lipinski definition) is 7. The Morgan fingerprint density at radius 1 is 1.60 bits per heavy atom. The highest BCUT2D eigenvalue weighted by atomic mass is 32.1. The summed E-state index contributed by atoms with van der Waals surface area (Å²) in [5, 5.41) is 9.91. The average Bonchev–Trinajstić information content (AvgIpc) is 2.79. The van der Waals surface area contributed by atoms with Crippen LogP contribution in [0.25, 0.3) is 0 Å². The third kappa shape index (κ3) is 3.02. The first-order valence-corrected chi connectivity index (χ1v) is 7.23. The van der Waals surface area contributed by atoms with Crippen molar-refractivity contribution in [1.29, 1.82) is 0 Å². The predicted molar refractivity (Wildman–Crippen MR) is 78.2 cm³/mol. The van der Waals surface area contributed by atoms with Gasteiger partial charge in [0.1, 0.15) is 10.7 Å². The molecule has 3 N–H and O–H groups in total. The minimum atomic E-state index is -0.342. The van der Waals surface area contributed by atoms with Crippen molar-refractivity contribution < 1.29 is 14.6 Å². The molecule has 0 aliphatic carbocycles. The van der Waals surface area contributed by atoms with E-state index in [-0.39, 0.29) is 30.5 Å². The van der Waals surface area contributed by atoms with E-state index in [0.29, 0.717) is 23.1 Å². The van der Waals surface area contributed by atoms with Crippen molar-refractivity contribution in [2.75, 3.05) is 44.4 Å². The van der Waals surface area contributed by atoms with E-state index in [1.807, 2.05) is 25.9 Å². The maximum atomic E-state index is 12.5. The van der Waals surface area contributed by atoms with Crippen molar-refractivity contribution in [3.05, 3.63) is 4.88 Å². The number of nitrogens with two attached hydrogens (primary N) is 1. The molecule has 7 nitrogen and oxygen atoms in total. The molecule has 2 atom stereocenters. The zero-order valence-electron chi connectivity index (χ0n) is 11.9. The molecule has 1 aliphatic heterocycles. The van der Waals surface area contributed by atoms with Crippen LogP contribution in [0.3, 0.4) is 0 Å². The molecule has 1 fully saturated rings. The molecule has 0 radical (unpaired) electrons. The highest BCUT2D eigenvalue weighted by Gasteiger charge is 2.30. The van der Waals surface area contributed by atoms with Crippen LogP contribution < -0.4 is 10.6 Å². The summed E-state index contributed by atoms with van der Waals surface area (Å²) in [4.78, 5) is 20.6. The number of aliphatic hydroxyl groups excluding tert-OH is 1. The molecule has 1 aromatic heterocycles. The lowest BCUT2D eigenvalue weighted by Crippen LogP contribution is -2.50. The summed E-state index contributed by atoms with van der Waals surface area (Å²) >= 11 is 1.27. The van der Waals surface area contributed by atoms with Gasteiger partial charge in [-0.2, -0.15) is 0 Å². The van der Waals surface area contributed by atoms with Gasteiger partial charge in [-0.1, -0.05) is 11.3 Å². The van der Waals surface area contributed by atoms with Gasteiger partial charge in [0.15, 0.2) is 5.13 Å². The molecule has 0 saturated carbocycles. The van der Waals surface area contributed by atoms with E-state index < -0.39 is 0 Å². The summed E-state index contributed by atoms with van der Waals surface area (Å²) in [7, 11) is 3.70. The first-order chi connectivity index (χ1) is 9.42. The number of aromatic nitrogens is 1. The number of thiazole rings is 1. The molecule has 112 valence electrons. The van der Waals surface area contributed by atoms with Crippen LogP contribution in [0.1, 0.15) is 16.6 Å². The normalized spacial score (nSPS) is 22.9. The van der Waals surface area contributed by atoms with E-state index in [9.17, 15) is 9.90 Å². The lowest BCUT2D eigenvalue weighted by atomic mass is 10.2. The van der Waals surface area contributed by atoms with Gasteiger partial charge in [0.05, 0.1) is 18.8 Å². The van der Waals surface area contributed by atoms with Crippen molar-refractivity contribution in [1.82, 2.24) is 9.88 Å². The number of morpholine rings is 1. The largest absolute Gasteiger partial charge is 0.394 e. The molecule has 1 amide bonds. The van der Waals surface area contributed by atoms with Gasteiger partial charge in [0.2, 0.25) is 0 Å². The smallest absolute Gasteiger partial charge is 0.268 e. The Hall–Kier alpha value is -1.38. The number of ether oxygens (including phenoxy) is 1. The van der Waals surface area contributed by atoms with E-state index in [1.54, 1.807) is 4.90 Å². The van der Waals surface area contributed by atoms with E-state index in [1.165, 1.54) is 11.3 Å². The van der Waals surface area contributed by atoms with Crippen LogP contribution in [0.4, 0.5) is 10.9 Å². The van der Waals surface area contributed by atoms with Crippen molar-refractivity contribution in [3.63, 3.8) is 0 Å². The Bertz CT molecular complexity index is 491. The molecular weight excluding hydrogens is 280 g/mol. The third-order valence-electron chi connectivity index (χ3n) is 3.04. The first-order valence-electron chi connectivity index (χ1n) is 6.41. The monoisotopic (exact) mass is 300 g/mol. The summed E-state index contributed by atoms with van der Waals surface area (Å²) in [6.45, 7) is 2.64. The zero-order chi connectivity index (χ0) is 14.9. The summed E-state index contributed by atoms with van der Waals surface area (Å²) in [5.41, 5.74) is 5.83. The zero-order valence-corrected chi connectivity index (χ0v) is 12.7. The quantitative estimate of drug-likeness (QED) is 0.817. The topological polar surface area (TPSA) is 91.9 Å². The van der Waals surface area contributed by atoms with Gasteiger partial charge in [-0.15, -0.1) is 0 Å². The Morgan fingerprint density at radius 2 is 2.30 bits per heavy atom. The van der Waals surface area contributed by atoms with Crippen molar-refractivity contribution in [2.45, 2.75) is 19.1 Å². The van der Waals surface area contributed by atoms with E-state index in [0.717, 1.165) is 0 Å². The number of anilines is 2. The minimum absolute atomic E-state index is 0.102. The average molecular weight is 300 g/mol. The van der Waals surface area contributed by atoms with Crippen molar-refractivity contribution >= 4 is 28.2 Å². The summed E-state index contributed by atoms with van der Waals surface area (Å²) in [5.74, 6) is 0.102. The van der Waals surface area contributed by atoms with E-state index >= 15 is 0 Å². The number of nitrogen functional groups attached to an aromatic ring is 1. The second kappa shape index (κ2) is 5.94. The predicted octanol–water partition coefficient (Wildman–Crippen LogP) is 0.0131. The second-order valence-corrected chi connectivity index (χ2v) is 6.04. The SMILES string of the molecule is CC1CN(C(=O)c2sc(N(C)C)nc2N)CC(CO)O1. The fraction of sp³-hybridized carbons (Fsp3) is 0.667.